The van der Waals surface area contributed by atoms with Crippen LogP contribution in [0.4, 0.5) is 5.69 Å². The zero-order valence-corrected chi connectivity index (χ0v) is 18.5. The molecular formula is C26H25N5O. The Kier molecular flexibility index (Phi) is 4.85. The summed E-state index contributed by atoms with van der Waals surface area (Å²) in [4.78, 5) is 20.7. The number of amides is 1. The maximum atomic E-state index is 14.2. The fraction of sp³-hybridized carbons (Fsp3) is 0.231. The summed E-state index contributed by atoms with van der Waals surface area (Å²) in [6.07, 6.45) is 4.98. The maximum Gasteiger partial charge on any atom is 0.242 e. The van der Waals surface area contributed by atoms with Gasteiger partial charge in [-0.3, -0.25) is 14.7 Å². The number of aromatic nitrogens is 4. The first-order chi connectivity index (χ1) is 15.6. The number of anilines is 1. The van der Waals surface area contributed by atoms with E-state index in [2.05, 4.69) is 29.1 Å². The van der Waals surface area contributed by atoms with E-state index >= 15 is 0 Å². The molecule has 0 bridgehead atoms. The Labute approximate surface area is 187 Å². The van der Waals surface area contributed by atoms with Crippen LogP contribution in [0.3, 0.4) is 0 Å². The van der Waals surface area contributed by atoms with Gasteiger partial charge in [0.25, 0.3) is 0 Å². The van der Waals surface area contributed by atoms with Gasteiger partial charge < -0.3 is 0 Å². The summed E-state index contributed by atoms with van der Waals surface area (Å²) in [6.45, 7) is 6.19. The van der Waals surface area contributed by atoms with Crippen molar-refractivity contribution < 1.29 is 4.79 Å². The van der Waals surface area contributed by atoms with Gasteiger partial charge in [0.2, 0.25) is 5.91 Å². The molecule has 32 heavy (non-hydrogen) atoms. The Balaban J connectivity index is 1.89. The van der Waals surface area contributed by atoms with Gasteiger partial charge in [-0.25, -0.2) is 4.52 Å². The molecule has 6 heteroatoms. The third-order valence-corrected chi connectivity index (χ3v) is 6.52. The van der Waals surface area contributed by atoms with Gasteiger partial charge >= 0.3 is 0 Å². The van der Waals surface area contributed by atoms with Crippen LogP contribution in [0.5, 0.6) is 0 Å². The standard InChI is InChI=1S/C26H25N5O/c1-4-26(5-2)22(20-10-6-8-16-27-20)24(23-21-11-7-9-17-30(21)29-28-23)31(25(26)32)19-14-12-18(3)13-15-19/h6-17H,4-5H2,1-3H3. The van der Waals surface area contributed by atoms with Crippen LogP contribution < -0.4 is 4.90 Å². The highest BCUT2D eigenvalue weighted by atomic mass is 16.2. The number of aryl methyl sites for hydroxylation is 1. The molecule has 0 atom stereocenters. The fourth-order valence-corrected chi connectivity index (χ4v) is 4.72. The van der Waals surface area contributed by atoms with E-state index in [1.165, 1.54) is 0 Å². The van der Waals surface area contributed by atoms with Crippen molar-refractivity contribution >= 4 is 28.4 Å². The van der Waals surface area contributed by atoms with Crippen LogP contribution in [-0.4, -0.2) is 25.7 Å². The quantitative estimate of drug-likeness (QED) is 0.445. The van der Waals surface area contributed by atoms with Crippen LogP contribution in [0.25, 0.3) is 16.8 Å². The van der Waals surface area contributed by atoms with Crippen molar-refractivity contribution in [3.63, 3.8) is 0 Å². The number of rotatable bonds is 5. The Morgan fingerprint density at radius 1 is 0.938 bits per heavy atom. The summed E-state index contributed by atoms with van der Waals surface area (Å²) in [7, 11) is 0. The van der Waals surface area contributed by atoms with Gasteiger partial charge in [0.1, 0.15) is 5.69 Å². The minimum Gasteiger partial charge on any atom is -0.278 e. The summed E-state index contributed by atoms with van der Waals surface area (Å²) in [5.74, 6) is 0.0547. The van der Waals surface area contributed by atoms with Gasteiger partial charge in [-0.2, -0.15) is 0 Å². The summed E-state index contributed by atoms with van der Waals surface area (Å²) >= 11 is 0. The maximum absolute atomic E-state index is 14.2. The molecule has 0 saturated carbocycles. The Morgan fingerprint density at radius 2 is 1.69 bits per heavy atom. The smallest absolute Gasteiger partial charge is 0.242 e. The molecule has 6 nitrogen and oxygen atoms in total. The van der Waals surface area contributed by atoms with Crippen molar-refractivity contribution in [3.8, 4) is 0 Å². The number of hydrogen-bond acceptors (Lipinski definition) is 4. The molecule has 0 radical (unpaired) electrons. The zero-order chi connectivity index (χ0) is 22.3. The SMILES string of the molecule is CCC1(CC)C(=O)N(c2ccc(C)cc2)C(c2nnn3ccccc23)=C1c1ccccn1. The van der Waals surface area contributed by atoms with E-state index in [9.17, 15) is 4.79 Å². The second kappa shape index (κ2) is 7.71. The number of carbonyl (C=O) groups is 1. The third-order valence-electron chi connectivity index (χ3n) is 6.52. The number of benzene rings is 1. The average molecular weight is 424 g/mol. The number of carbonyl (C=O) groups excluding carboxylic acids is 1. The molecular weight excluding hydrogens is 398 g/mol. The van der Waals surface area contributed by atoms with Crippen LogP contribution in [-0.2, 0) is 4.79 Å². The molecule has 0 unspecified atom stereocenters. The number of pyridine rings is 2. The van der Waals surface area contributed by atoms with Crippen molar-refractivity contribution in [2.75, 3.05) is 4.90 Å². The summed E-state index contributed by atoms with van der Waals surface area (Å²) in [5.41, 5.74) is 5.28. The molecule has 1 amide bonds. The predicted octanol–water partition coefficient (Wildman–Crippen LogP) is 5.15. The van der Waals surface area contributed by atoms with Gasteiger partial charge in [-0.15, -0.1) is 5.10 Å². The minimum absolute atomic E-state index is 0.0547. The normalized spacial score (nSPS) is 15.7. The number of hydrogen-bond donors (Lipinski definition) is 0. The monoisotopic (exact) mass is 423 g/mol. The van der Waals surface area contributed by atoms with Gasteiger partial charge in [0.15, 0.2) is 0 Å². The first-order valence-electron chi connectivity index (χ1n) is 11.0. The van der Waals surface area contributed by atoms with Crippen LogP contribution in [0.1, 0.15) is 43.6 Å². The molecule has 5 rings (SSSR count). The van der Waals surface area contributed by atoms with Crippen LogP contribution in [0, 0.1) is 12.3 Å². The molecule has 0 spiro atoms. The van der Waals surface area contributed by atoms with Gasteiger partial charge in [-0.05, 0) is 56.2 Å². The van der Waals surface area contributed by atoms with Crippen LogP contribution in [0.15, 0.2) is 73.1 Å². The molecule has 3 aromatic heterocycles. The third kappa shape index (κ3) is 2.87. The van der Waals surface area contributed by atoms with Crippen molar-refractivity contribution in [3.05, 3.63) is 90.0 Å². The Bertz CT molecular complexity index is 1320. The van der Waals surface area contributed by atoms with Crippen molar-refractivity contribution in [2.45, 2.75) is 33.6 Å². The lowest BCUT2D eigenvalue weighted by Crippen LogP contribution is -2.36. The lowest BCUT2D eigenvalue weighted by atomic mass is 9.74. The molecule has 1 aliphatic heterocycles. The molecule has 0 aliphatic carbocycles. The minimum atomic E-state index is -0.695. The van der Waals surface area contributed by atoms with Gasteiger partial charge in [0, 0.05) is 23.7 Å². The molecule has 0 saturated heterocycles. The molecule has 160 valence electrons. The van der Waals surface area contributed by atoms with Crippen molar-refractivity contribution in [1.29, 1.82) is 0 Å². The van der Waals surface area contributed by atoms with E-state index in [1.807, 2.05) is 78.7 Å². The fourth-order valence-electron chi connectivity index (χ4n) is 4.72. The van der Waals surface area contributed by atoms with Crippen LogP contribution >= 0.6 is 0 Å². The molecule has 0 fully saturated rings. The molecule has 4 aromatic rings. The first-order valence-corrected chi connectivity index (χ1v) is 11.0. The van der Waals surface area contributed by atoms with E-state index in [-0.39, 0.29) is 5.91 Å². The lowest BCUT2D eigenvalue weighted by molar-refractivity contribution is -0.124. The highest BCUT2D eigenvalue weighted by Crippen LogP contribution is 2.54. The van der Waals surface area contributed by atoms with Gasteiger partial charge in [-0.1, -0.05) is 48.9 Å². The molecule has 0 N–H and O–H groups in total. The second-order valence-electron chi connectivity index (χ2n) is 8.17. The van der Waals surface area contributed by atoms with E-state index in [4.69, 9.17) is 0 Å². The van der Waals surface area contributed by atoms with Gasteiger partial charge in [0.05, 0.1) is 22.3 Å². The summed E-state index contributed by atoms with van der Waals surface area (Å²) < 4.78 is 1.74. The van der Waals surface area contributed by atoms with E-state index in [1.54, 1.807) is 10.7 Å². The summed E-state index contributed by atoms with van der Waals surface area (Å²) in [6, 6.07) is 19.7. The van der Waals surface area contributed by atoms with Crippen LogP contribution in [0.2, 0.25) is 0 Å². The number of nitrogens with zero attached hydrogens (tertiary/aromatic N) is 5. The average Bonchev–Trinajstić information content (AvgIpc) is 3.37. The zero-order valence-electron chi connectivity index (χ0n) is 18.5. The largest absolute Gasteiger partial charge is 0.278 e. The molecule has 1 aromatic carbocycles. The molecule has 4 heterocycles. The van der Waals surface area contributed by atoms with E-state index in [0.717, 1.165) is 33.7 Å². The lowest BCUT2D eigenvalue weighted by Gasteiger charge is -2.28. The second-order valence-corrected chi connectivity index (χ2v) is 8.17. The van der Waals surface area contributed by atoms with E-state index < -0.39 is 5.41 Å². The number of fused-ring (bicyclic) bond motifs is 1. The van der Waals surface area contributed by atoms with Crippen molar-refractivity contribution in [2.24, 2.45) is 5.41 Å². The van der Waals surface area contributed by atoms with E-state index in [0.29, 0.717) is 18.5 Å². The predicted molar refractivity (Wildman–Crippen MR) is 126 cm³/mol. The first kappa shape index (κ1) is 20.1. The molecule has 1 aliphatic rings. The Morgan fingerprint density at radius 3 is 2.38 bits per heavy atom. The Hall–Kier alpha value is -3.80. The van der Waals surface area contributed by atoms with Crippen molar-refractivity contribution in [1.82, 2.24) is 19.8 Å². The highest BCUT2D eigenvalue weighted by Gasteiger charge is 2.52. The summed E-state index contributed by atoms with van der Waals surface area (Å²) in [5, 5.41) is 8.88. The topological polar surface area (TPSA) is 63.4 Å². The highest BCUT2D eigenvalue weighted by molar-refractivity contribution is 6.25.